The third-order valence-corrected chi connectivity index (χ3v) is 6.94. The number of nitrogens with zero attached hydrogens (tertiary/aromatic N) is 2. The number of pyridine rings is 1. The van der Waals surface area contributed by atoms with Gasteiger partial charge in [-0.1, -0.05) is 35.2 Å². The highest BCUT2D eigenvalue weighted by atomic mass is 32.2. The summed E-state index contributed by atoms with van der Waals surface area (Å²) in [4.78, 5) is 28.5. The van der Waals surface area contributed by atoms with Crippen molar-refractivity contribution < 1.29 is 4.79 Å². The maximum atomic E-state index is 12.5. The van der Waals surface area contributed by atoms with Crippen molar-refractivity contribution >= 4 is 56.4 Å². The fraction of sp³-hybridized carbons (Fsp3) is 0.158. The number of thioether (sulfide) groups is 1. The van der Waals surface area contributed by atoms with Crippen molar-refractivity contribution in [3.8, 4) is 0 Å². The summed E-state index contributed by atoms with van der Waals surface area (Å²) >= 11 is 4.16. The first-order chi connectivity index (χ1) is 13.5. The molecule has 0 bridgehead atoms. The Kier molecular flexibility index (Phi) is 5.29. The van der Waals surface area contributed by atoms with Crippen molar-refractivity contribution in [1.82, 2.24) is 15.2 Å². The van der Waals surface area contributed by atoms with Crippen molar-refractivity contribution in [2.75, 3.05) is 5.32 Å². The minimum Gasteiger partial charge on any atom is -0.357 e. The van der Waals surface area contributed by atoms with Gasteiger partial charge >= 0.3 is 0 Å². The third-order valence-electron chi connectivity index (χ3n) is 4.05. The largest absolute Gasteiger partial charge is 0.357 e. The second-order valence-electron chi connectivity index (χ2n) is 6.26. The van der Waals surface area contributed by atoms with Crippen LogP contribution >= 0.6 is 34.4 Å². The number of aromatic nitrogens is 3. The highest BCUT2D eigenvalue weighted by Gasteiger charge is 2.12. The van der Waals surface area contributed by atoms with Crippen LogP contribution in [0.15, 0.2) is 44.8 Å². The van der Waals surface area contributed by atoms with Gasteiger partial charge in [0.2, 0.25) is 5.13 Å². The number of aromatic amines is 1. The molecule has 0 aliphatic rings. The first kappa shape index (κ1) is 18.9. The molecule has 4 aromatic rings. The SMILES string of the molecule is Cc1cc(C)c2c(=O)cc(CSc3nnc(NC(=O)c4cccs4)s3)[nH]c2c1. The van der Waals surface area contributed by atoms with Gasteiger partial charge in [-0.15, -0.1) is 21.5 Å². The molecule has 9 heteroatoms. The molecule has 0 saturated heterocycles. The molecule has 0 radical (unpaired) electrons. The Morgan fingerprint density at radius 2 is 2.11 bits per heavy atom. The second kappa shape index (κ2) is 7.86. The number of carbonyl (C=O) groups excluding carboxylic acids is 1. The Morgan fingerprint density at radius 1 is 1.25 bits per heavy atom. The van der Waals surface area contributed by atoms with E-state index in [1.54, 1.807) is 12.1 Å². The van der Waals surface area contributed by atoms with Gasteiger partial charge in [-0.3, -0.25) is 14.9 Å². The van der Waals surface area contributed by atoms with Crippen molar-refractivity contribution in [2.45, 2.75) is 23.9 Å². The monoisotopic (exact) mass is 428 g/mol. The van der Waals surface area contributed by atoms with Gasteiger partial charge in [0, 0.05) is 22.9 Å². The lowest BCUT2D eigenvalue weighted by atomic mass is 10.1. The Morgan fingerprint density at radius 3 is 2.89 bits per heavy atom. The Bertz CT molecular complexity index is 1210. The van der Waals surface area contributed by atoms with Crippen molar-refractivity contribution in [3.05, 3.63) is 67.6 Å². The number of carbonyl (C=O) groups is 1. The Balaban J connectivity index is 1.47. The second-order valence-corrected chi connectivity index (χ2v) is 9.40. The van der Waals surface area contributed by atoms with Gasteiger partial charge in [0.25, 0.3) is 5.91 Å². The van der Waals surface area contributed by atoms with E-state index >= 15 is 0 Å². The first-order valence-electron chi connectivity index (χ1n) is 8.44. The summed E-state index contributed by atoms with van der Waals surface area (Å²) in [5.74, 6) is 0.373. The Labute approximate surface area is 173 Å². The summed E-state index contributed by atoms with van der Waals surface area (Å²) in [5, 5.41) is 13.9. The lowest BCUT2D eigenvalue weighted by Gasteiger charge is -2.07. The van der Waals surface area contributed by atoms with Gasteiger partial charge in [-0.05, 0) is 42.5 Å². The molecule has 0 aliphatic heterocycles. The molecule has 28 heavy (non-hydrogen) atoms. The van der Waals surface area contributed by atoms with E-state index < -0.39 is 0 Å². The highest BCUT2D eigenvalue weighted by molar-refractivity contribution is 8.00. The molecule has 0 saturated carbocycles. The van der Waals surface area contributed by atoms with Crippen molar-refractivity contribution in [2.24, 2.45) is 0 Å². The van der Waals surface area contributed by atoms with Crippen LogP contribution < -0.4 is 10.7 Å². The highest BCUT2D eigenvalue weighted by Crippen LogP contribution is 2.28. The number of H-pyrrole nitrogens is 1. The number of thiophene rings is 1. The third kappa shape index (κ3) is 4.01. The smallest absolute Gasteiger partial charge is 0.267 e. The molecular weight excluding hydrogens is 412 g/mol. The minimum absolute atomic E-state index is 0.0167. The van der Waals surface area contributed by atoms with Crippen LogP contribution in [0.5, 0.6) is 0 Å². The zero-order valence-corrected chi connectivity index (χ0v) is 17.6. The van der Waals surface area contributed by atoms with Crippen LogP contribution in [-0.4, -0.2) is 21.1 Å². The number of nitrogens with one attached hydrogen (secondary N) is 2. The van der Waals surface area contributed by atoms with Crippen LogP contribution in [0.3, 0.4) is 0 Å². The molecule has 3 aromatic heterocycles. The predicted octanol–water partition coefficient (Wildman–Crippen LogP) is 4.60. The summed E-state index contributed by atoms with van der Waals surface area (Å²) in [7, 11) is 0. The molecule has 0 aliphatic carbocycles. The van der Waals surface area contributed by atoms with Crippen LogP contribution in [0, 0.1) is 13.8 Å². The molecule has 6 nitrogen and oxygen atoms in total. The number of benzene rings is 1. The molecule has 3 heterocycles. The van der Waals surface area contributed by atoms with Gasteiger partial charge in [0.1, 0.15) is 0 Å². The van der Waals surface area contributed by atoms with Crippen LogP contribution in [0.25, 0.3) is 10.9 Å². The summed E-state index contributed by atoms with van der Waals surface area (Å²) in [6.45, 7) is 3.96. The van der Waals surface area contributed by atoms with Gasteiger partial charge < -0.3 is 4.98 Å². The maximum Gasteiger partial charge on any atom is 0.267 e. The van der Waals surface area contributed by atoms with Gasteiger partial charge in [0.05, 0.1) is 10.4 Å². The number of rotatable bonds is 5. The maximum absolute atomic E-state index is 12.5. The standard InChI is InChI=1S/C19H16N4O2S3/c1-10-6-11(2)16-13(7-10)20-12(8-14(16)24)9-27-19-23-22-18(28-19)21-17(25)15-4-3-5-26-15/h3-8H,9H2,1-2H3,(H,20,24)(H,21,22,25). The lowest BCUT2D eigenvalue weighted by molar-refractivity contribution is 0.103. The first-order valence-corrected chi connectivity index (χ1v) is 11.1. The van der Waals surface area contributed by atoms with Crippen molar-refractivity contribution in [1.29, 1.82) is 0 Å². The van der Waals surface area contributed by atoms with E-state index in [1.807, 2.05) is 37.4 Å². The fourth-order valence-electron chi connectivity index (χ4n) is 2.94. The van der Waals surface area contributed by atoms with Crippen LogP contribution in [0.4, 0.5) is 5.13 Å². The van der Waals surface area contributed by atoms with Crippen LogP contribution in [0.1, 0.15) is 26.5 Å². The van der Waals surface area contributed by atoms with Crippen LogP contribution in [-0.2, 0) is 5.75 Å². The summed E-state index contributed by atoms with van der Waals surface area (Å²) in [6.07, 6.45) is 0. The van der Waals surface area contributed by atoms with E-state index in [-0.39, 0.29) is 11.3 Å². The number of hydrogen-bond acceptors (Lipinski definition) is 7. The molecule has 1 amide bonds. The summed E-state index contributed by atoms with van der Waals surface area (Å²) < 4.78 is 0.725. The van der Waals surface area contributed by atoms with Crippen molar-refractivity contribution in [3.63, 3.8) is 0 Å². The lowest BCUT2D eigenvalue weighted by Crippen LogP contribution is -2.09. The molecule has 0 unspecified atom stereocenters. The average molecular weight is 429 g/mol. The minimum atomic E-state index is -0.188. The number of fused-ring (bicyclic) bond motifs is 1. The van der Waals surface area contributed by atoms with E-state index in [0.29, 0.717) is 15.8 Å². The molecule has 1 aromatic carbocycles. The topological polar surface area (TPSA) is 87.7 Å². The van der Waals surface area contributed by atoms with Gasteiger partial charge in [-0.25, -0.2) is 0 Å². The molecule has 142 valence electrons. The molecule has 0 atom stereocenters. The molecular formula is C19H16N4O2S3. The number of anilines is 1. The number of amides is 1. The van der Waals surface area contributed by atoms with E-state index in [4.69, 9.17) is 0 Å². The molecule has 0 spiro atoms. The molecule has 0 fully saturated rings. The quantitative estimate of drug-likeness (QED) is 0.358. The number of aryl methyl sites for hydroxylation is 2. The molecule has 4 rings (SSSR count). The Hall–Kier alpha value is -2.49. The normalized spacial score (nSPS) is 11.1. The predicted molar refractivity (Wildman–Crippen MR) is 116 cm³/mol. The zero-order chi connectivity index (χ0) is 19.7. The fourth-order valence-corrected chi connectivity index (χ4v) is 5.21. The van der Waals surface area contributed by atoms with E-state index in [9.17, 15) is 9.59 Å². The van der Waals surface area contributed by atoms with Gasteiger partial charge in [0.15, 0.2) is 9.77 Å². The zero-order valence-electron chi connectivity index (χ0n) is 15.1. The molecule has 2 N–H and O–H groups in total. The summed E-state index contributed by atoms with van der Waals surface area (Å²) in [5.41, 5.74) is 3.78. The van der Waals surface area contributed by atoms with E-state index in [0.717, 1.165) is 32.1 Å². The average Bonchev–Trinajstić information content (AvgIpc) is 3.31. The summed E-state index contributed by atoms with van der Waals surface area (Å²) in [6, 6.07) is 9.23. The van der Waals surface area contributed by atoms with Gasteiger partial charge in [-0.2, -0.15) is 0 Å². The van der Waals surface area contributed by atoms with Crippen LogP contribution in [0.2, 0.25) is 0 Å². The van der Waals surface area contributed by atoms with E-state index in [2.05, 4.69) is 20.5 Å². The number of hydrogen-bond donors (Lipinski definition) is 2. The van der Waals surface area contributed by atoms with E-state index in [1.165, 1.54) is 34.4 Å².